The van der Waals surface area contributed by atoms with Gasteiger partial charge in [-0.3, -0.25) is 9.20 Å². The SMILES string of the molecule is COC1CN(C(=O)c2cn3c(-c4ccc(Cl)cc4Cl)c(CN)c(C)nc3n2)C1. The molecular weight excluding hydrogens is 401 g/mol. The summed E-state index contributed by atoms with van der Waals surface area (Å²) in [5, 5.41) is 1.03. The molecule has 146 valence electrons. The zero-order chi connectivity index (χ0) is 20.0. The third-order valence-electron chi connectivity index (χ3n) is 5.00. The number of nitrogens with zero attached hydrogens (tertiary/aromatic N) is 4. The first-order valence-electron chi connectivity index (χ1n) is 8.79. The number of halogens is 2. The number of amides is 1. The third kappa shape index (κ3) is 3.14. The highest BCUT2D eigenvalue weighted by atomic mass is 35.5. The Morgan fingerprint density at radius 2 is 2.07 bits per heavy atom. The molecule has 1 saturated heterocycles. The second kappa shape index (κ2) is 7.33. The topological polar surface area (TPSA) is 85.8 Å². The highest BCUT2D eigenvalue weighted by Crippen LogP contribution is 2.34. The number of carbonyl (C=O) groups is 1. The van der Waals surface area contributed by atoms with Crippen molar-refractivity contribution in [3.8, 4) is 11.3 Å². The largest absolute Gasteiger partial charge is 0.378 e. The van der Waals surface area contributed by atoms with Crippen molar-refractivity contribution in [2.24, 2.45) is 5.73 Å². The van der Waals surface area contributed by atoms with Crippen LogP contribution in [-0.2, 0) is 11.3 Å². The minimum absolute atomic E-state index is 0.0774. The zero-order valence-corrected chi connectivity index (χ0v) is 17.0. The second-order valence-corrected chi connectivity index (χ2v) is 7.56. The predicted molar refractivity (Wildman–Crippen MR) is 108 cm³/mol. The van der Waals surface area contributed by atoms with Crippen molar-refractivity contribution in [1.82, 2.24) is 19.3 Å². The monoisotopic (exact) mass is 419 g/mol. The van der Waals surface area contributed by atoms with Gasteiger partial charge in [-0.15, -0.1) is 0 Å². The van der Waals surface area contributed by atoms with Crippen molar-refractivity contribution >= 4 is 34.9 Å². The van der Waals surface area contributed by atoms with E-state index in [4.69, 9.17) is 33.7 Å². The Labute approximate surface area is 172 Å². The molecule has 0 spiro atoms. The Morgan fingerprint density at radius 1 is 1.32 bits per heavy atom. The van der Waals surface area contributed by atoms with Gasteiger partial charge in [-0.2, -0.15) is 0 Å². The maximum atomic E-state index is 12.8. The van der Waals surface area contributed by atoms with Crippen LogP contribution in [0.1, 0.15) is 21.7 Å². The number of aryl methyl sites for hydroxylation is 1. The van der Waals surface area contributed by atoms with E-state index in [1.807, 2.05) is 13.0 Å². The maximum absolute atomic E-state index is 12.8. The number of carbonyl (C=O) groups excluding carboxylic acids is 1. The van der Waals surface area contributed by atoms with Crippen molar-refractivity contribution in [1.29, 1.82) is 0 Å². The highest BCUT2D eigenvalue weighted by molar-refractivity contribution is 6.36. The summed E-state index contributed by atoms with van der Waals surface area (Å²) in [4.78, 5) is 23.4. The quantitative estimate of drug-likeness (QED) is 0.702. The zero-order valence-electron chi connectivity index (χ0n) is 15.4. The van der Waals surface area contributed by atoms with Crippen LogP contribution in [0.5, 0.6) is 0 Å². The van der Waals surface area contributed by atoms with E-state index in [0.717, 1.165) is 22.5 Å². The van der Waals surface area contributed by atoms with E-state index in [-0.39, 0.29) is 18.6 Å². The van der Waals surface area contributed by atoms with E-state index < -0.39 is 0 Å². The van der Waals surface area contributed by atoms with Gasteiger partial charge in [-0.25, -0.2) is 9.97 Å². The van der Waals surface area contributed by atoms with Gasteiger partial charge in [0.25, 0.3) is 5.91 Å². The van der Waals surface area contributed by atoms with Crippen molar-refractivity contribution in [2.75, 3.05) is 20.2 Å². The molecule has 0 saturated carbocycles. The summed E-state index contributed by atoms with van der Waals surface area (Å²) >= 11 is 12.5. The number of ether oxygens (including phenoxy) is 1. The van der Waals surface area contributed by atoms with Gasteiger partial charge in [0.1, 0.15) is 5.69 Å². The molecule has 2 aromatic heterocycles. The summed E-state index contributed by atoms with van der Waals surface area (Å²) in [6, 6.07) is 5.27. The molecule has 1 fully saturated rings. The number of aromatic nitrogens is 3. The molecule has 0 atom stereocenters. The number of fused-ring (bicyclic) bond motifs is 1. The fourth-order valence-electron chi connectivity index (χ4n) is 3.38. The number of benzene rings is 1. The average Bonchev–Trinajstić information content (AvgIpc) is 3.03. The van der Waals surface area contributed by atoms with Crippen LogP contribution >= 0.6 is 23.2 Å². The van der Waals surface area contributed by atoms with Crippen LogP contribution < -0.4 is 5.73 Å². The van der Waals surface area contributed by atoms with Crippen molar-refractivity contribution in [2.45, 2.75) is 19.6 Å². The number of rotatable bonds is 4. The number of hydrogen-bond donors (Lipinski definition) is 1. The lowest BCUT2D eigenvalue weighted by molar-refractivity contribution is -0.0194. The molecule has 2 N–H and O–H groups in total. The van der Waals surface area contributed by atoms with Crippen LogP contribution in [0, 0.1) is 6.92 Å². The van der Waals surface area contributed by atoms with Crippen molar-refractivity contribution < 1.29 is 9.53 Å². The molecule has 3 aromatic rings. The molecule has 7 nitrogen and oxygen atoms in total. The lowest BCUT2D eigenvalue weighted by Gasteiger charge is -2.37. The molecule has 0 radical (unpaired) electrons. The van der Waals surface area contributed by atoms with Crippen LogP contribution in [0.4, 0.5) is 0 Å². The van der Waals surface area contributed by atoms with Crippen LogP contribution in [-0.4, -0.2) is 51.5 Å². The number of hydrogen-bond acceptors (Lipinski definition) is 5. The van der Waals surface area contributed by atoms with Gasteiger partial charge in [0, 0.05) is 54.8 Å². The van der Waals surface area contributed by atoms with Gasteiger partial charge < -0.3 is 15.4 Å². The van der Waals surface area contributed by atoms with Gasteiger partial charge in [0.15, 0.2) is 0 Å². The first kappa shape index (κ1) is 19.1. The first-order valence-corrected chi connectivity index (χ1v) is 9.54. The van der Waals surface area contributed by atoms with E-state index in [2.05, 4.69) is 9.97 Å². The van der Waals surface area contributed by atoms with Gasteiger partial charge in [-0.05, 0) is 25.1 Å². The lowest BCUT2D eigenvalue weighted by atomic mass is 10.0. The molecule has 1 amide bonds. The average molecular weight is 420 g/mol. The van der Waals surface area contributed by atoms with Crippen LogP contribution in [0.3, 0.4) is 0 Å². The van der Waals surface area contributed by atoms with Crippen molar-refractivity contribution in [3.63, 3.8) is 0 Å². The number of nitrogens with two attached hydrogens (primary N) is 1. The van der Waals surface area contributed by atoms with E-state index in [0.29, 0.717) is 34.6 Å². The first-order chi connectivity index (χ1) is 13.4. The Morgan fingerprint density at radius 3 is 2.71 bits per heavy atom. The van der Waals surface area contributed by atoms with E-state index in [1.54, 1.807) is 34.7 Å². The normalized spacial score (nSPS) is 14.5. The van der Waals surface area contributed by atoms with Crippen LogP contribution in [0.2, 0.25) is 10.0 Å². The van der Waals surface area contributed by atoms with Gasteiger partial charge in [0.2, 0.25) is 5.78 Å². The Bertz CT molecular complexity index is 1080. The van der Waals surface area contributed by atoms with Gasteiger partial charge in [0.05, 0.1) is 16.8 Å². The smallest absolute Gasteiger partial charge is 0.274 e. The predicted octanol–water partition coefficient (Wildman–Crippen LogP) is 2.94. The van der Waals surface area contributed by atoms with E-state index in [9.17, 15) is 4.79 Å². The minimum atomic E-state index is -0.154. The Hall–Kier alpha value is -2.19. The fourth-order valence-corrected chi connectivity index (χ4v) is 3.88. The van der Waals surface area contributed by atoms with Crippen LogP contribution in [0.25, 0.3) is 17.0 Å². The summed E-state index contributed by atoms with van der Waals surface area (Å²) < 4.78 is 7.00. The number of methoxy groups -OCH3 is 1. The summed E-state index contributed by atoms with van der Waals surface area (Å²) in [5.41, 5.74) is 9.41. The summed E-state index contributed by atoms with van der Waals surface area (Å²) in [6.45, 7) is 3.25. The highest BCUT2D eigenvalue weighted by Gasteiger charge is 2.32. The molecule has 4 rings (SSSR count). The molecule has 28 heavy (non-hydrogen) atoms. The molecule has 1 aliphatic heterocycles. The van der Waals surface area contributed by atoms with E-state index >= 15 is 0 Å². The second-order valence-electron chi connectivity index (χ2n) is 6.72. The lowest BCUT2D eigenvalue weighted by Crippen LogP contribution is -2.54. The summed E-state index contributed by atoms with van der Waals surface area (Å²) in [6.07, 6.45) is 1.76. The molecule has 0 unspecified atom stereocenters. The fraction of sp³-hybridized carbons (Fsp3) is 0.316. The molecule has 1 aliphatic rings. The molecular formula is C19H19Cl2N5O2. The third-order valence-corrected chi connectivity index (χ3v) is 5.54. The molecule has 3 heterocycles. The minimum Gasteiger partial charge on any atom is -0.378 e. The van der Waals surface area contributed by atoms with Gasteiger partial charge in [-0.1, -0.05) is 23.2 Å². The van der Waals surface area contributed by atoms with Crippen LogP contribution in [0.15, 0.2) is 24.4 Å². The van der Waals surface area contributed by atoms with Gasteiger partial charge >= 0.3 is 0 Å². The number of imidazole rings is 1. The molecule has 0 bridgehead atoms. The maximum Gasteiger partial charge on any atom is 0.274 e. The molecule has 1 aromatic carbocycles. The Kier molecular flexibility index (Phi) is 5.01. The molecule has 0 aliphatic carbocycles. The summed E-state index contributed by atoms with van der Waals surface area (Å²) in [5.74, 6) is 0.266. The Balaban J connectivity index is 1.86. The summed E-state index contributed by atoms with van der Waals surface area (Å²) in [7, 11) is 1.64. The van der Waals surface area contributed by atoms with Crippen molar-refractivity contribution in [3.05, 3.63) is 51.4 Å². The number of likely N-dealkylation sites (tertiary alicyclic amines) is 1. The molecule has 9 heteroatoms. The van der Waals surface area contributed by atoms with E-state index in [1.165, 1.54) is 0 Å². The standard InChI is InChI=1S/C19H19Cl2N5O2/c1-10-14(6-22)17(13-4-3-11(20)5-15(13)21)26-9-16(24-19(26)23-10)18(27)25-7-12(8-25)28-2/h3-5,9,12H,6-8,22H2,1-2H3.